The standard InChI is InChI=1S/C26H31BrN2O4/c1-18(33-26(2,3)4)14-19-15-28(17-20-8-6-7-9-23(20)24(30)32-5)25(31)29(16-19)22-12-10-21(27)11-13-22/h6-13,19H,1,14-17H2,2-5H3. The van der Waals surface area contributed by atoms with E-state index in [0.29, 0.717) is 37.4 Å². The van der Waals surface area contributed by atoms with Crippen LogP contribution in [0.4, 0.5) is 10.5 Å². The first kappa shape index (κ1) is 24.8. The van der Waals surface area contributed by atoms with E-state index in [1.165, 1.54) is 7.11 Å². The lowest BCUT2D eigenvalue weighted by Gasteiger charge is -2.41. The third-order valence-electron chi connectivity index (χ3n) is 5.31. The minimum Gasteiger partial charge on any atom is -0.493 e. The molecule has 0 radical (unpaired) electrons. The molecule has 1 aliphatic rings. The third-order valence-corrected chi connectivity index (χ3v) is 5.84. The Morgan fingerprint density at radius 3 is 2.42 bits per heavy atom. The van der Waals surface area contributed by atoms with E-state index in [1.807, 2.05) is 57.2 Å². The molecular formula is C26H31BrN2O4. The van der Waals surface area contributed by atoms with Crippen molar-refractivity contribution in [3.05, 3.63) is 76.5 Å². The van der Waals surface area contributed by atoms with E-state index in [9.17, 15) is 9.59 Å². The molecule has 1 heterocycles. The number of hydrogen-bond acceptors (Lipinski definition) is 4. The highest BCUT2D eigenvalue weighted by molar-refractivity contribution is 9.10. The molecule has 2 aromatic carbocycles. The van der Waals surface area contributed by atoms with E-state index < -0.39 is 5.97 Å². The monoisotopic (exact) mass is 514 g/mol. The van der Waals surface area contributed by atoms with E-state index in [4.69, 9.17) is 9.47 Å². The number of amides is 2. The molecule has 1 fully saturated rings. The lowest BCUT2D eigenvalue weighted by molar-refractivity contribution is 0.0417. The van der Waals surface area contributed by atoms with Gasteiger partial charge in [-0.15, -0.1) is 0 Å². The Labute approximate surface area is 204 Å². The van der Waals surface area contributed by atoms with Crippen LogP contribution in [0.2, 0.25) is 0 Å². The molecule has 6 nitrogen and oxygen atoms in total. The molecule has 0 spiro atoms. The van der Waals surface area contributed by atoms with Crippen LogP contribution in [-0.4, -0.2) is 42.7 Å². The molecule has 33 heavy (non-hydrogen) atoms. The molecule has 2 aromatic rings. The number of nitrogens with zero attached hydrogens (tertiary/aromatic N) is 2. The van der Waals surface area contributed by atoms with Crippen LogP contribution in [0.3, 0.4) is 0 Å². The number of allylic oxidation sites excluding steroid dienone is 1. The number of carbonyl (C=O) groups is 2. The zero-order chi connectivity index (χ0) is 24.2. The average Bonchev–Trinajstić information content (AvgIpc) is 2.75. The second kappa shape index (κ2) is 10.4. The summed E-state index contributed by atoms with van der Waals surface area (Å²) in [7, 11) is 1.36. The fourth-order valence-corrected chi connectivity index (χ4v) is 4.29. The lowest BCUT2D eigenvalue weighted by atomic mass is 9.98. The Morgan fingerprint density at radius 1 is 1.12 bits per heavy atom. The smallest absolute Gasteiger partial charge is 0.338 e. The maximum Gasteiger partial charge on any atom is 0.338 e. The minimum atomic E-state index is -0.414. The van der Waals surface area contributed by atoms with Crippen molar-refractivity contribution in [2.75, 3.05) is 25.1 Å². The Balaban J connectivity index is 1.88. The Kier molecular flexibility index (Phi) is 7.84. The van der Waals surface area contributed by atoms with Crippen LogP contribution in [0.15, 0.2) is 65.3 Å². The van der Waals surface area contributed by atoms with Gasteiger partial charge in [-0.3, -0.25) is 4.90 Å². The van der Waals surface area contributed by atoms with Crippen molar-refractivity contribution in [2.24, 2.45) is 5.92 Å². The van der Waals surface area contributed by atoms with Gasteiger partial charge in [0.05, 0.1) is 18.4 Å². The topological polar surface area (TPSA) is 59.1 Å². The van der Waals surface area contributed by atoms with Crippen LogP contribution < -0.4 is 4.90 Å². The predicted octanol–water partition coefficient (Wildman–Crippen LogP) is 6.01. The SMILES string of the molecule is C=C(CC1CN(Cc2ccccc2C(=O)OC)C(=O)N(c2ccc(Br)cc2)C1)OC(C)(C)C. The first-order valence-electron chi connectivity index (χ1n) is 10.9. The summed E-state index contributed by atoms with van der Waals surface area (Å²) in [5, 5.41) is 0. The van der Waals surface area contributed by atoms with Crippen molar-refractivity contribution < 1.29 is 19.1 Å². The highest BCUT2D eigenvalue weighted by Gasteiger charge is 2.34. The first-order chi connectivity index (χ1) is 15.6. The summed E-state index contributed by atoms with van der Waals surface area (Å²) in [6.45, 7) is 11.5. The lowest BCUT2D eigenvalue weighted by Crippen LogP contribution is -2.53. The number of urea groups is 1. The Morgan fingerprint density at radius 2 is 1.79 bits per heavy atom. The van der Waals surface area contributed by atoms with Crippen LogP contribution in [0, 0.1) is 5.92 Å². The second-order valence-electron chi connectivity index (χ2n) is 9.22. The molecule has 0 saturated carbocycles. The van der Waals surface area contributed by atoms with Gasteiger partial charge < -0.3 is 14.4 Å². The van der Waals surface area contributed by atoms with Crippen LogP contribution in [0.25, 0.3) is 0 Å². The van der Waals surface area contributed by atoms with Crippen molar-refractivity contribution in [3.8, 4) is 0 Å². The normalized spacial score (nSPS) is 16.5. The van der Waals surface area contributed by atoms with E-state index in [2.05, 4.69) is 22.5 Å². The fraction of sp³-hybridized carbons (Fsp3) is 0.385. The van der Waals surface area contributed by atoms with Crippen LogP contribution in [0.5, 0.6) is 0 Å². The largest absolute Gasteiger partial charge is 0.493 e. The zero-order valence-corrected chi connectivity index (χ0v) is 21.2. The van der Waals surface area contributed by atoms with Gasteiger partial charge in [-0.25, -0.2) is 9.59 Å². The molecular weight excluding hydrogens is 484 g/mol. The molecule has 0 aromatic heterocycles. The van der Waals surface area contributed by atoms with Crippen molar-refractivity contribution in [3.63, 3.8) is 0 Å². The average molecular weight is 515 g/mol. The van der Waals surface area contributed by atoms with Gasteiger partial charge in [0.15, 0.2) is 0 Å². The molecule has 7 heteroatoms. The highest BCUT2D eigenvalue weighted by Crippen LogP contribution is 2.29. The number of halogens is 1. The second-order valence-corrected chi connectivity index (χ2v) is 10.1. The van der Waals surface area contributed by atoms with Crippen LogP contribution in [-0.2, 0) is 16.0 Å². The predicted molar refractivity (Wildman–Crippen MR) is 133 cm³/mol. The Hall–Kier alpha value is -2.80. The maximum absolute atomic E-state index is 13.5. The molecule has 2 amide bonds. The van der Waals surface area contributed by atoms with Gasteiger partial charge in [-0.2, -0.15) is 0 Å². The number of methoxy groups -OCH3 is 1. The van der Waals surface area contributed by atoms with Crippen molar-refractivity contribution in [2.45, 2.75) is 39.3 Å². The van der Waals surface area contributed by atoms with E-state index in [-0.39, 0.29) is 17.6 Å². The van der Waals surface area contributed by atoms with Crippen molar-refractivity contribution >= 4 is 33.6 Å². The molecule has 1 atom stereocenters. The van der Waals surface area contributed by atoms with Gasteiger partial charge in [-0.1, -0.05) is 40.7 Å². The van der Waals surface area contributed by atoms with Crippen LogP contribution >= 0.6 is 15.9 Å². The van der Waals surface area contributed by atoms with Gasteiger partial charge >= 0.3 is 12.0 Å². The van der Waals surface area contributed by atoms with Gasteiger partial charge in [0.1, 0.15) is 5.60 Å². The number of benzene rings is 2. The van der Waals surface area contributed by atoms with E-state index in [0.717, 1.165) is 15.7 Å². The van der Waals surface area contributed by atoms with Crippen molar-refractivity contribution in [1.82, 2.24) is 4.90 Å². The van der Waals surface area contributed by atoms with Crippen molar-refractivity contribution in [1.29, 1.82) is 0 Å². The molecule has 0 N–H and O–H groups in total. The molecule has 3 rings (SSSR count). The van der Waals surface area contributed by atoms with Gasteiger partial charge in [0, 0.05) is 42.1 Å². The molecule has 176 valence electrons. The summed E-state index contributed by atoms with van der Waals surface area (Å²) in [5.74, 6) is 0.405. The number of carbonyl (C=O) groups excluding carboxylic acids is 2. The molecule has 0 bridgehead atoms. The third kappa shape index (κ3) is 6.60. The number of hydrogen-bond donors (Lipinski definition) is 0. The highest BCUT2D eigenvalue weighted by atomic mass is 79.9. The molecule has 1 unspecified atom stereocenters. The molecule has 1 aliphatic heterocycles. The summed E-state index contributed by atoms with van der Waals surface area (Å²) in [5.41, 5.74) is 1.71. The molecule has 1 saturated heterocycles. The van der Waals surface area contributed by atoms with E-state index >= 15 is 0 Å². The maximum atomic E-state index is 13.5. The Bertz CT molecular complexity index is 1010. The zero-order valence-electron chi connectivity index (χ0n) is 19.6. The quantitative estimate of drug-likeness (QED) is 0.335. The van der Waals surface area contributed by atoms with Crippen LogP contribution in [0.1, 0.15) is 43.1 Å². The summed E-state index contributed by atoms with van der Waals surface area (Å²) in [6.07, 6.45) is 0.632. The van der Waals surface area contributed by atoms with Gasteiger partial charge in [-0.05, 0) is 56.7 Å². The fourth-order valence-electron chi connectivity index (χ4n) is 4.02. The summed E-state index contributed by atoms with van der Waals surface area (Å²) >= 11 is 3.46. The number of esters is 1. The first-order valence-corrected chi connectivity index (χ1v) is 11.7. The number of ether oxygens (including phenoxy) is 2. The van der Waals surface area contributed by atoms with Gasteiger partial charge in [0.2, 0.25) is 0 Å². The number of anilines is 1. The summed E-state index contributed by atoms with van der Waals surface area (Å²) in [4.78, 5) is 29.3. The van der Waals surface area contributed by atoms with Gasteiger partial charge in [0.25, 0.3) is 0 Å². The number of rotatable bonds is 7. The summed E-state index contributed by atoms with van der Waals surface area (Å²) < 4.78 is 11.8. The molecule has 0 aliphatic carbocycles. The summed E-state index contributed by atoms with van der Waals surface area (Å²) in [6, 6.07) is 14.8. The van der Waals surface area contributed by atoms with E-state index in [1.54, 1.807) is 21.9 Å². The minimum absolute atomic E-state index is 0.101.